The molecule has 1 aliphatic heterocycles. The summed E-state index contributed by atoms with van der Waals surface area (Å²) >= 11 is 5.69. The van der Waals surface area contributed by atoms with Crippen LogP contribution < -0.4 is 20.1 Å². The van der Waals surface area contributed by atoms with Gasteiger partial charge in [-0.15, -0.1) is 0 Å². The van der Waals surface area contributed by atoms with Gasteiger partial charge in [-0.25, -0.2) is 9.18 Å². The molecule has 2 aromatic rings. The number of nitro benzene ring substituents is 1. The maximum atomic E-state index is 13.6. The number of nitrogens with one attached hydrogen (secondary N) is 2. The van der Waals surface area contributed by atoms with Crippen molar-refractivity contribution in [2.24, 2.45) is 0 Å². The second-order valence-electron chi connectivity index (χ2n) is 5.41. The summed E-state index contributed by atoms with van der Waals surface area (Å²) in [7, 11) is 0. The Morgan fingerprint density at radius 1 is 1.14 bits per heavy atom. The van der Waals surface area contributed by atoms with Crippen LogP contribution in [0.2, 0.25) is 5.02 Å². The fourth-order valence-electron chi connectivity index (χ4n) is 2.28. The van der Waals surface area contributed by atoms with Crippen molar-refractivity contribution in [2.45, 2.75) is 12.1 Å². The van der Waals surface area contributed by atoms with E-state index in [1.165, 1.54) is 11.4 Å². The lowest BCUT2D eigenvalue weighted by molar-refractivity contribution is -0.384. The highest BCUT2D eigenvalue weighted by Gasteiger charge is 2.65. The van der Waals surface area contributed by atoms with Crippen LogP contribution in [0.1, 0.15) is 0 Å². The zero-order valence-electron chi connectivity index (χ0n) is 13.3. The van der Waals surface area contributed by atoms with Gasteiger partial charge in [0.1, 0.15) is 11.5 Å². The number of fused-ring (bicyclic) bond motifs is 1. The summed E-state index contributed by atoms with van der Waals surface area (Å²) in [5, 5.41) is 14.3. The third kappa shape index (κ3) is 3.58. The Morgan fingerprint density at radius 3 is 2.46 bits per heavy atom. The number of amides is 2. The van der Waals surface area contributed by atoms with Crippen molar-refractivity contribution in [3.05, 3.63) is 57.4 Å². The van der Waals surface area contributed by atoms with Crippen molar-refractivity contribution in [1.82, 2.24) is 5.32 Å². The lowest BCUT2D eigenvalue weighted by atomic mass is 10.2. The number of nitrogens with zero attached hydrogens (tertiary/aromatic N) is 1. The SMILES string of the molecule is O=C(Nc1ccc(F)cc1[N+](=O)[O-])N[C@@]1(C(F)(F)F)Oc2ccc(Cl)cc2O1. The molecule has 3 rings (SSSR count). The number of urea groups is 1. The van der Waals surface area contributed by atoms with Gasteiger partial charge in [0.2, 0.25) is 0 Å². The smallest absolute Gasteiger partial charge is 0.424 e. The van der Waals surface area contributed by atoms with Gasteiger partial charge in [-0.3, -0.25) is 15.4 Å². The zero-order chi connectivity index (χ0) is 20.7. The number of carbonyl (C=O) groups excluding carboxylic acids is 1. The van der Waals surface area contributed by atoms with E-state index in [2.05, 4.69) is 0 Å². The maximum absolute atomic E-state index is 13.6. The molecule has 1 heterocycles. The van der Waals surface area contributed by atoms with Crippen molar-refractivity contribution >= 4 is 29.0 Å². The van der Waals surface area contributed by atoms with Crippen LogP contribution in [0, 0.1) is 15.9 Å². The highest BCUT2D eigenvalue weighted by molar-refractivity contribution is 6.30. The Balaban J connectivity index is 1.86. The topological polar surface area (TPSA) is 103 Å². The highest BCUT2D eigenvalue weighted by Crippen LogP contribution is 2.46. The van der Waals surface area contributed by atoms with Crippen molar-refractivity contribution < 1.29 is 36.8 Å². The van der Waals surface area contributed by atoms with Gasteiger partial charge >= 0.3 is 18.1 Å². The average Bonchev–Trinajstić information content (AvgIpc) is 2.94. The van der Waals surface area contributed by atoms with Crippen molar-refractivity contribution in [2.75, 3.05) is 5.32 Å². The molecule has 0 saturated carbocycles. The van der Waals surface area contributed by atoms with Gasteiger partial charge in [-0.1, -0.05) is 11.6 Å². The van der Waals surface area contributed by atoms with Gasteiger partial charge in [-0.2, -0.15) is 13.2 Å². The fourth-order valence-corrected chi connectivity index (χ4v) is 2.44. The number of rotatable bonds is 3. The molecule has 2 aromatic carbocycles. The van der Waals surface area contributed by atoms with Crippen LogP contribution in [-0.2, 0) is 0 Å². The van der Waals surface area contributed by atoms with Crippen molar-refractivity contribution in [3.63, 3.8) is 0 Å². The van der Waals surface area contributed by atoms with E-state index >= 15 is 0 Å². The number of benzene rings is 2. The Hall–Kier alpha value is -3.28. The Bertz CT molecular complexity index is 971. The number of hydrogen-bond donors (Lipinski definition) is 2. The fraction of sp³-hybridized carbons (Fsp3) is 0.133. The molecular formula is C15H8ClF4N3O5. The van der Waals surface area contributed by atoms with E-state index in [1.54, 1.807) is 0 Å². The van der Waals surface area contributed by atoms with E-state index in [0.29, 0.717) is 6.07 Å². The standard InChI is InChI=1S/C15H8ClF4N3O5/c16-7-1-4-11-12(5-7)28-15(27-11,14(18,19)20)22-13(24)21-9-3-2-8(17)6-10(9)23(25)26/h1-6H,(H2,21,22,24)/t15-/m0/s1. The molecule has 28 heavy (non-hydrogen) atoms. The zero-order valence-corrected chi connectivity index (χ0v) is 14.1. The molecule has 1 aliphatic rings. The van der Waals surface area contributed by atoms with E-state index in [0.717, 1.165) is 24.3 Å². The summed E-state index contributed by atoms with van der Waals surface area (Å²) in [5.74, 6) is -5.29. The van der Waals surface area contributed by atoms with Gasteiger partial charge in [0.25, 0.3) is 5.69 Å². The van der Waals surface area contributed by atoms with Gasteiger partial charge < -0.3 is 14.8 Å². The summed E-state index contributed by atoms with van der Waals surface area (Å²) in [5.41, 5.74) is -1.40. The number of hydrogen-bond acceptors (Lipinski definition) is 5. The minimum atomic E-state index is -5.25. The van der Waals surface area contributed by atoms with Gasteiger partial charge in [0, 0.05) is 11.1 Å². The number of ether oxygens (including phenoxy) is 2. The first-order valence-corrected chi connectivity index (χ1v) is 7.66. The molecule has 13 heteroatoms. The monoisotopic (exact) mass is 421 g/mol. The predicted octanol–water partition coefficient (Wildman–Crippen LogP) is 4.20. The summed E-state index contributed by atoms with van der Waals surface area (Å²) in [4.78, 5) is 22.0. The van der Waals surface area contributed by atoms with E-state index in [4.69, 9.17) is 21.1 Å². The van der Waals surface area contributed by atoms with E-state index in [9.17, 15) is 32.5 Å². The first-order chi connectivity index (χ1) is 13.0. The Labute approximate surface area is 158 Å². The second kappa shape index (κ2) is 6.71. The molecule has 0 bridgehead atoms. The molecule has 0 saturated heterocycles. The van der Waals surface area contributed by atoms with Crippen LogP contribution in [0.25, 0.3) is 0 Å². The summed E-state index contributed by atoms with van der Waals surface area (Å²) in [6.07, 6.45) is -5.25. The van der Waals surface area contributed by atoms with Crippen LogP contribution in [0.3, 0.4) is 0 Å². The van der Waals surface area contributed by atoms with Crippen LogP contribution in [0.5, 0.6) is 11.5 Å². The molecule has 0 radical (unpaired) electrons. The molecule has 2 N–H and O–H groups in total. The summed E-state index contributed by atoms with van der Waals surface area (Å²) in [6.45, 7) is 0. The molecule has 0 aromatic heterocycles. The number of anilines is 1. The summed E-state index contributed by atoms with van der Waals surface area (Å²) in [6, 6.07) is 3.95. The Kier molecular flexibility index (Phi) is 4.67. The van der Waals surface area contributed by atoms with Crippen molar-refractivity contribution in [1.29, 1.82) is 0 Å². The molecule has 8 nitrogen and oxygen atoms in total. The minimum absolute atomic E-state index is 0.0618. The Morgan fingerprint density at radius 2 is 1.82 bits per heavy atom. The maximum Gasteiger partial charge on any atom is 0.492 e. The molecule has 0 spiro atoms. The van der Waals surface area contributed by atoms with E-state index < -0.39 is 40.2 Å². The van der Waals surface area contributed by atoms with Gasteiger partial charge in [0.05, 0.1) is 11.0 Å². The van der Waals surface area contributed by atoms with Crippen LogP contribution >= 0.6 is 11.6 Å². The number of halogens is 5. The molecule has 148 valence electrons. The molecule has 2 amide bonds. The largest absolute Gasteiger partial charge is 0.492 e. The molecule has 0 aliphatic carbocycles. The summed E-state index contributed by atoms with van der Waals surface area (Å²) < 4.78 is 63.3. The van der Waals surface area contributed by atoms with E-state index in [-0.39, 0.29) is 16.5 Å². The average molecular weight is 422 g/mol. The first-order valence-electron chi connectivity index (χ1n) is 7.28. The number of carbonyl (C=O) groups is 1. The molecule has 1 atom stereocenters. The van der Waals surface area contributed by atoms with Crippen molar-refractivity contribution in [3.8, 4) is 11.5 Å². The van der Waals surface area contributed by atoms with Gasteiger partial charge in [0.15, 0.2) is 11.5 Å². The molecule has 0 fully saturated rings. The first kappa shape index (κ1) is 19.5. The highest BCUT2D eigenvalue weighted by atomic mass is 35.5. The van der Waals surface area contributed by atoms with Gasteiger partial charge in [-0.05, 0) is 24.3 Å². The molecular weight excluding hydrogens is 414 g/mol. The minimum Gasteiger partial charge on any atom is -0.424 e. The lowest BCUT2D eigenvalue weighted by Gasteiger charge is -2.29. The van der Waals surface area contributed by atoms with E-state index in [1.807, 2.05) is 5.32 Å². The number of nitro groups is 1. The second-order valence-corrected chi connectivity index (χ2v) is 5.84. The third-order valence-corrected chi connectivity index (χ3v) is 3.70. The van der Waals surface area contributed by atoms with Crippen LogP contribution in [-0.4, -0.2) is 23.0 Å². The number of alkyl halides is 3. The predicted molar refractivity (Wildman–Crippen MR) is 86.7 cm³/mol. The molecule has 0 unspecified atom stereocenters. The quantitative estimate of drug-likeness (QED) is 0.439. The lowest BCUT2D eigenvalue weighted by Crippen LogP contribution is -2.65. The third-order valence-electron chi connectivity index (χ3n) is 3.47. The normalized spacial score (nSPS) is 17.9. The van der Waals surface area contributed by atoms with Crippen LogP contribution in [0.15, 0.2) is 36.4 Å². The van der Waals surface area contributed by atoms with Crippen LogP contribution in [0.4, 0.5) is 33.7 Å².